The highest BCUT2D eigenvalue weighted by atomic mass is 16.5. The van der Waals surface area contributed by atoms with Gasteiger partial charge in [-0.1, -0.05) is 39.7 Å². The van der Waals surface area contributed by atoms with Crippen molar-refractivity contribution in [2.45, 2.75) is 39.5 Å². The molecule has 0 unspecified atom stereocenters. The van der Waals surface area contributed by atoms with Gasteiger partial charge in [0.25, 0.3) is 0 Å². The molecule has 1 atom stereocenters. The summed E-state index contributed by atoms with van der Waals surface area (Å²) >= 11 is 0. The first kappa shape index (κ1) is 12.2. The largest absolute Gasteiger partial charge is 0.462 e. The van der Waals surface area contributed by atoms with Crippen LogP contribution in [0.4, 0.5) is 0 Å². The Morgan fingerprint density at radius 2 is 2.23 bits per heavy atom. The first-order chi connectivity index (χ1) is 6.24. The molecule has 13 heavy (non-hydrogen) atoms. The normalized spacial score (nSPS) is 12.2. The number of unbranched alkanes of at least 4 members (excludes halogenated alkanes) is 1. The van der Waals surface area contributed by atoms with E-state index in [-0.39, 0.29) is 5.97 Å². The molecule has 0 aromatic rings. The summed E-state index contributed by atoms with van der Waals surface area (Å²) in [5.41, 5.74) is 0. The van der Waals surface area contributed by atoms with Gasteiger partial charge in [0.2, 0.25) is 0 Å². The van der Waals surface area contributed by atoms with Crippen molar-refractivity contribution in [3.8, 4) is 0 Å². The van der Waals surface area contributed by atoms with Crippen LogP contribution < -0.4 is 0 Å². The second-order valence-corrected chi connectivity index (χ2v) is 3.25. The Hall–Kier alpha value is -0.790. The van der Waals surface area contributed by atoms with Gasteiger partial charge in [0.1, 0.15) is 0 Å². The molecule has 0 amide bonds. The maximum absolute atomic E-state index is 10.8. The molecule has 0 aromatic carbocycles. The average molecular weight is 184 g/mol. The van der Waals surface area contributed by atoms with Crippen LogP contribution in [-0.4, -0.2) is 12.6 Å². The fourth-order valence-electron chi connectivity index (χ4n) is 1.16. The first-order valence-corrected chi connectivity index (χ1v) is 5.03. The molecule has 0 bridgehead atoms. The topological polar surface area (TPSA) is 26.3 Å². The van der Waals surface area contributed by atoms with E-state index in [1.54, 1.807) is 0 Å². The Kier molecular flexibility index (Phi) is 7.36. The van der Waals surface area contributed by atoms with Crippen molar-refractivity contribution in [3.63, 3.8) is 0 Å². The van der Waals surface area contributed by atoms with Crippen LogP contribution in [0.5, 0.6) is 0 Å². The van der Waals surface area contributed by atoms with Crippen molar-refractivity contribution in [2.24, 2.45) is 5.92 Å². The van der Waals surface area contributed by atoms with Crippen LogP contribution in [0.1, 0.15) is 39.5 Å². The summed E-state index contributed by atoms with van der Waals surface area (Å²) < 4.78 is 4.98. The van der Waals surface area contributed by atoms with E-state index < -0.39 is 0 Å². The number of hydrogen-bond acceptors (Lipinski definition) is 2. The second-order valence-electron chi connectivity index (χ2n) is 3.25. The van der Waals surface area contributed by atoms with Crippen molar-refractivity contribution in [1.82, 2.24) is 0 Å². The summed E-state index contributed by atoms with van der Waals surface area (Å²) in [7, 11) is 0. The van der Waals surface area contributed by atoms with Crippen molar-refractivity contribution < 1.29 is 9.53 Å². The first-order valence-electron chi connectivity index (χ1n) is 5.03. The van der Waals surface area contributed by atoms with E-state index in [9.17, 15) is 4.79 Å². The van der Waals surface area contributed by atoms with Gasteiger partial charge >= 0.3 is 5.97 Å². The highest BCUT2D eigenvalue weighted by Gasteiger charge is 2.07. The average Bonchev–Trinajstić information content (AvgIpc) is 2.17. The lowest BCUT2D eigenvalue weighted by molar-refractivity contribution is -0.139. The lowest BCUT2D eigenvalue weighted by atomic mass is 10.0. The molecule has 0 rings (SSSR count). The third kappa shape index (κ3) is 6.38. The number of ether oxygens (including phenoxy) is 1. The molecule has 0 aromatic heterocycles. The Bertz CT molecular complexity index is 152. The zero-order valence-corrected chi connectivity index (χ0v) is 8.71. The maximum atomic E-state index is 10.8. The lowest BCUT2D eigenvalue weighted by Crippen LogP contribution is -2.12. The van der Waals surface area contributed by atoms with Crippen LogP contribution >= 0.6 is 0 Å². The van der Waals surface area contributed by atoms with Crippen LogP contribution in [0.2, 0.25) is 0 Å². The molecule has 0 aliphatic heterocycles. The van der Waals surface area contributed by atoms with Crippen molar-refractivity contribution in [2.75, 3.05) is 6.61 Å². The maximum Gasteiger partial charge on any atom is 0.330 e. The molecule has 76 valence electrons. The minimum absolute atomic E-state index is 0.310. The van der Waals surface area contributed by atoms with Gasteiger partial charge in [-0.05, 0) is 12.3 Å². The summed E-state index contributed by atoms with van der Waals surface area (Å²) in [6, 6.07) is 0. The molecule has 2 nitrogen and oxygen atoms in total. The zero-order valence-electron chi connectivity index (χ0n) is 8.71. The zero-order chi connectivity index (χ0) is 10.1. The van der Waals surface area contributed by atoms with Gasteiger partial charge in [0, 0.05) is 6.08 Å². The number of esters is 1. The lowest BCUT2D eigenvalue weighted by Gasteiger charge is -2.13. The van der Waals surface area contributed by atoms with E-state index in [1.807, 2.05) is 0 Å². The molecule has 0 aliphatic rings. The molecular formula is C11H20O2. The van der Waals surface area contributed by atoms with Gasteiger partial charge < -0.3 is 4.74 Å². The second kappa shape index (κ2) is 7.84. The van der Waals surface area contributed by atoms with Crippen LogP contribution in [0.15, 0.2) is 12.7 Å². The van der Waals surface area contributed by atoms with Gasteiger partial charge in [0.05, 0.1) is 6.61 Å². The Labute approximate surface area is 81.0 Å². The summed E-state index contributed by atoms with van der Waals surface area (Å²) in [5.74, 6) is 0.207. The molecule has 0 spiro atoms. The number of rotatable bonds is 7. The third-order valence-electron chi connectivity index (χ3n) is 2.17. The standard InChI is InChI=1S/C11H20O2/c1-4-7-8-10(5-2)9-13-11(12)6-3/h6,10H,3-5,7-9H2,1-2H3/t10-/m0/s1. The van der Waals surface area contributed by atoms with Gasteiger partial charge in [-0.3, -0.25) is 0 Å². The van der Waals surface area contributed by atoms with E-state index in [2.05, 4.69) is 20.4 Å². The monoisotopic (exact) mass is 184 g/mol. The Morgan fingerprint density at radius 3 is 2.69 bits per heavy atom. The minimum Gasteiger partial charge on any atom is -0.462 e. The van der Waals surface area contributed by atoms with Crippen molar-refractivity contribution >= 4 is 5.97 Å². The van der Waals surface area contributed by atoms with Crippen LogP contribution in [0.25, 0.3) is 0 Å². The molecular weight excluding hydrogens is 164 g/mol. The van der Waals surface area contributed by atoms with E-state index in [0.717, 1.165) is 12.8 Å². The SMILES string of the molecule is C=CC(=O)OC[C@@H](CC)CCCC. The van der Waals surface area contributed by atoms with Gasteiger partial charge in [0.15, 0.2) is 0 Å². The van der Waals surface area contributed by atoms with Gasteiger partial charge in [-0.2, -0.15) is 0 Å². The van der Waals surface area contributed by atoms with Crippen LogP contribution in [0, 0.1) is 5.92 Å². The fraction of sp³-hybridized carbons (Fsp3) is 0.727. The molecule has 0 saturated carbocycles. The molecule has 0 saturated heterocycles. The Morgan fingerprint density at radius 1 is 1.54 bits per heavy atom. The fourth-order valence-corrected chi connectivity index (χ4v) is 1.16. The molecule has 0 heterocycles. The van der Waals surface area contributed by atoms with Gasteiger partial charge in [-0.25, -0.2) is 4.79 Å². The van der Waals surface area contributed by atoms with Gasteiger partial charge in [-0.15, -0.1) is 0 Å². The van der Waals surface area contributed by atoms with E-state index in [0.29, 0.717) is 12.5 Å². The highest BCUT2D eigenvalue weighted by molar-refractivity contribution is 5.81. The molecule has 2 heteroatoms. The number of carbonyl (C=O) groups excluding carboxylic acids is 1. The van der Waals surface area contributed by atoms with Crippen molar-refractivity contribution in [1.29, 1.82) is 0 Å². The summed E-state index contributed by atoms with van der Waals surface area (Å²) in [5, 5.41) is 0. The molecule has 0 N–H and O–H groups in total. The quantitative estimate of drug-likeness (QED) is 0.449. The predicted octanol–water partition coefficient (Wildman–Crippen LogP) is 2.93. The van der Waals surface area contributed by atoms with Crippen molar-refractivity contribution in [3.05, 3.63) is 12.7 Å². The summed E-state index contributed by atoms with van der Waals surface area (Å²) in [6.45, 7) is 8.19. The Balaban J connectivity index is 3.58. The third-order valence-corrected chi connectivity index (χ3v) is 2.17. The van der Waals surface area contributed by atoms with Crippen LogP contribution in [0.3, 0.4) is 0 Å². The van der Waals surface area contributed by atoms with Crippen LogP contribution in [-0.2, 0) is 9.53 Å². The highest BCUT2D eigenvalue weighted by Crippen LogP contribution is 2.12. The van der Waals surface area contributed by atoms with E-state index in [4.69, 9.17) is 4.74 Å². The minimum atomic E-state index is -0.310. The molecule has 0 radical (unpaired) electrons. The van der Waals surface area contributed by atoms with E-state index >= 15 is 0 Å². The summed E-state index contributed by atoms with van der Waals surface area (Å²) in [6.07, 6.45) is 5.85. The predicted molar refractivity (Wildman–Crippen MR) is 54.5 cm³/mol. The smallest absolute Gasteiger partial charge is 0.330 e. The summed E-state index contributed by atoms with van der Waals surface area (Å²) in [4.78, 5) is 10.8. The number of carbonyl (C=O) groups is 1. The number of hydrogen-bond donors (Lipinski definition) is 0. The molecule has 0 aliphatic carbocycles. The molecule has 0 fully saturated rings. The van der Waals surface area contributed by atoms with E-state index in [1.165, 1.54) is 18.9 Å².